The van der Waals surface area contributed by atoms with E-state index in [1.807, 2.05) is 0 Å². The van der Waals surface area contributed by atoms with Gasteiger partial charge in [-0.3, -0.25) is 0 Å². The molecule has 258 valence electrons. The molecule has 11 aromatic rings. The molecule has 0 saturated carbocycles. The van der Waals surface area contributed by atoms with E-state index in [0.29, 0.717) is 0 Å². The molecule has 1 nitrogen and oxygen atoms in total. The third-order valence-electron chi connectivity index (χ3n) is 12.8. The molecular formula is C55H32O. The molecule has 0 fully saturated rings. The van der Waals surface area contributed by atoms with Gasteiger partial charge in [0.1, 0.15) is 11.2 Å². The van der Waals surface area contributed by atoms with Gasteiger partial charge in [-0.1, -0.05) is 164 Å². The van der Waals surface area contributed by atoms with E-state index in [0.717, 1.165) is 21.9 Å². The molecule has 1 heteroatoms. The normalized spacial score (nSPS) is 13.5. The molecule has 2 aliphatic rings. The zero-order chi connectivity index (χ0) is 36.5. The number of rotatable bonds is 2. The Balaban J connectivity index is 1.19. The van der Waals surface area contributed by atoms with Gasteiger partial charge in [0.25, 0.3) is 0 Å². The van der Waals surface area contributed by atoms with E-state index in [4.69, 9.17) is 4.42 Å². The van der Waals surface area contributed by atoms with Crippen LogP contribution in [-0.2, 0) is 5.41 Å². The number of fused-ring (bicyclic) bond motifs is 17. The molecule has 56 heavy (non-hydrogen) atoms. The van der Waals surface area contributed by atoms with Gasteiger partial charge in [0.15, 0.2) is 0 Å². The van der Waals surface area contributed by atoms with Gasteiger partial charge in [-0.25, -0.2) is 0 Å². The lowest BCUT2D eigenvalue weighted by molar-refractivity contribution is 0.669. The van der Waals surface area contributed by atoms with Crippen molar-refractivity contribution in [2.45, 2.75) is 5.41 Å². The Morgan fingerprint density at radius 1 is 0.321 bits per heavy atom. The highest BCUT2D eigenvalue weighted by atomic mass is 16.3. The summed E-state index contributed by atoms with van der Waals surface area (Å²) in [5.74, 6) is 0. The fourth-order valence-corrected chi connectivity index (χ4v) is 10.6. The Hall–Kier alpha value is -7.22. The van der Waals surface area contributed by atoms with Crippen LogP contribution in [0, 0.1) is 0 Å². The van der Waals surface area contributed by atoms with Gasteiger partial charge in [0, 0.05) is 10.8 Å². The van der Waals surface area contributed by atoms with Crippen molar-refractivity contribution >= 4 is 54.3 Å². The number of hydrogen-bond donors (Lipinski definition) is 0. The predicted octanol–water partition coefficient (Wildman–Crippen LogP) is 14.7. The van der Waals surface area contributed by atoms with Crippen LogP contribution in [0.2, 0.25) is 0 Å². The summed E-state index contributed by atoms with van der Waals surface area (Å²) in [7, 11) is 0. The Bertz CT molecular complexity index is 3440. The van der Waals surface area contributed by atoms with Crippen molar-refractivity contribution in [3.8, 4) is 44.5 Å². The Morgan fingerprint density at radius 3 is 1.73 bits per heavy atom. The second-order valence-electron chi connectivity index (χ2n) is 15.5. The lowest BCUT2D eigenvalue weighted by atomic mass is 9.68. The Labute approximate surface area is 323 Å². The molecule has 1 spiro atoms. The molecule has 10 aromatic carbocycles. The third kappa shape index (κ3) is 3.79. The summed E-state index contributed by atoms with van der Waals surface area (Å²) in [6.45, 7) is 0. The molecule has 1 heterocycles. The smallest absolute Gasteiger partial charge is 0.136 e. The largest absolute Gasteiger partial charge is 0.456 e. The molecular weight excluding hydrogens is 677 g/mol. The molecule has 0 N–H and O–H groups in total. The van der Waals surface area contributed by atoms with Gasteiger partial charge >= 0.3 is 0 Å². The first-order valence-corrected chi connectivity index (χ1v) is 19.5. The molecule has 0 amide bonds. The van der Waals surface area contributed by atoms with Gasteiger partial charge in [-0.05, 0) is 129 Å². The maximum atomic E-state index is 6.60. The molecule has 1 aromatic heterocycles. The van der Waals surface area contributed by atoms with E-state index >= 15 is 0 Å². The van der Waals surface area contributed by atoms with E-state index in [1.165, 1.54) is 99.1 Å². The second-order valence-corrected chi connectivity index (χ2v) is 15.5. The lowest BCUT2D eigenvalue weighted by Gasteiger charge is -2.33. The molecule has 0 atom stereocenters. The van der Waals surface area contributed by atoms with E-state index < -0.39 is 5.41 Å². The van der Waals surface area contributed by atoms with Gasteiger partial charge in [0.2, 0.25) is 0 Å². The van der Waals surface area contributed by atoms with E-state index in [2.05, 4.69) is 194 Å². The topological polar surface area (TPSA) is 13.1 Å². The number of hydrogen-bond acceptors (Lipinski definition) is 1. The minimum Gasteiger partial charge on any atom is -0.456 e. The van der Waals surface area contributed by atoms with Crippen molar-refractivity contribution in [1.82, 2.24) is 0 Å². The van der Waals surface area contributed by atoms with Crippen LogP contribution in [0.4, 0.5) is 0 Å². The highest BCUT2D eigenvalue weighted by Gasteiger charge is 2.53. The second kappa shape index (κ2) is 10.9. The van der Waals surface area contributed by atoms with E-state index in [1.54, 1.807) is 0 Å². The van der Waals surface area contributed by atoms with Crippen molar-refractivity contribution in [2.24, 2.45) is 0 Å². The molecule has 0 saturated heterocycles. The lowest BCUT2D eigenvalue weighted by Crippen LogP contribution is -2.26. The Morgan fingerprint density at radius 2 is 0.929 bits per heavy atom. The molecule has 0 aliphatic heterocycles. The first-order valence-electron chi connectivity index (χ1n) is 19.5. The minimum absolute atomic E-state index is 0.549. The maximum absolute atomic E-state index is 6.60. The molecule has 2 aliphatic carbocycles. The zero-order valence-electron chi connectivity index (χ0n) is 30.4. The predicted molar refractivity (Wildman–Crippen MR) is 233 cm³/mol. The Kier molecular flexibility index (Phi) is 5.89. The third-order valence-corrected chi connectivity index (χ3v) is 12.8. The summed E-state index contributed by atoms with van der Waals surface area (Å²) >= 11 is 0. The van der Waals surface area contributed by atoms with Crippen molar-refractivity contribution in [3.63, 3.8) is 0 Å². The van der Waals surface area contributed by atoms with Crippen LogP contribution in [0.15, 0.2) is 199 Å². The van der Waals surface area contributed by atoms with Gasteiger partial charge < -0.3 is 4.42 Å². The van der Waals surface area contributed by atoms with Crippen LogP contribution in [0.1, 0.15) is 22.3 Å². The van der Waals surface area contributed by atoms with Crippen molar-refractivity contribution < 1.29 is 4.42 Å². The highest BCUT2D eigenvalue weighted by Crippen LogP contribution is 2.66. The maximum Gasteiger partial charge on any atom is 0.136 e. The number of benzene rings is 10. The van der Waals surface area contributed by atoms with Gasteiger partial charge in [0.05, 0.1) is 5.41 Å². The SMILES string of the molecule is c1ccc2c(c1)-c1ccccc1C21c2cc(-c3cccc4oc5cc6ccccc6cc5c34)ccc2-c2c1c(-c1cccc3ccccc13)cc1ccccc21. The summed E-state index contributed by atoms with van der Waals surface area (Å²) < 4.78 is 6.60. The average Bonchev–Trinajstić information content (AvgIpc) is 3.89. The summed E-state index contributed by atoms with van der Waals surface area (Å²) in [4.78, 5) is 0. The van der Waals surface area contributed by atoms with Crippen LogP contribution in [0.5, 0.6) is 0 Å². The van der Waals surface area contributed by atoms with Gasteiger partial charge in [-0.2, -0.15) is 0 Å². The average molecular weight is 709 g/mol. The number of furan rings is 1. The monoisotopic (exact) mass is 708 g/mol. The van der Waals surface area contributed by atoms with Crippen LogP contribution in [0.25, 0.3) is 98.8 Å². The van der Waals surface area contributed by atoms with Crippen LogP contribution < -0.4 is 0 Å². The van der Waals surface area contributed by atoms with Crippen LogP contribution in [0.3, 0.4) is 0 Å². The summed E-state index contributed by atoms with van der Waals surface area (Å²) in [5.41, 5.74) is 16.8. The quantitative estimate of drug-likeness (QED) is 0.174. The van der Waals surface area contributed by atoms with Crippen molar-refractivity contribution in [2.75, 3.05) is 0 Å². The molecule has 0 radical (unpaired) electrons. The first-order chi connectivity index (χ1) is 27.8. The van der Waals surface area contributed by atoms with E-state index in [-0.39, 0.29) is 0 Å². The summed E-state index contributed by atoms with van der Waals surface area (Å²) in [5, 5.41) is 9.76. The van der Waals surface area contributed by atoms with Crippen molar-refractivity contribution in [1.29, 1.82) is 0 Å². The zero-order valence-corrected chi connectivity index (χ0v) is 30.4. The van der Waals surface area contributed by atoms with E-state index in [9.17, 15) is 0 Å². The molecule has 13 rings (SSSR count). The van der Waals surface area contributed by atoms with Crippen molar-refractivity contribution in [3.05, 3.63) is 216 Å². The minimum atomic E-state index is -0.549. The summed E-state index contributed by atoms with van der Waals surface area (Å²) in [6, 6.07) is 72.2. The van der Waals surface area contributed by atoms with Gasteiger partial charge in [-0.15, -0.1) is 0 Å². The fraction of sp³-hybridized carbons (Fsp3) is 0.0182. The fourth-order valence-electron chi connectivity index (χ4n) is 10.6. The first kappa shape index (κ1) is 30.1. The van der Waals surface area contributed by atoms with Crippen LogP contribution in [-0.4, -0.2) is 0 Å². The molecule has 0 unspecified atom stereocenters. The molecule has 0 bridgehead atoms. The summed E-state index contributed by atoms with van der Waals surface area (Å²) in [6.07, 6.45) is 0. The standard InChI is InChI=1S/C55H32O/c1-2-15-35-32-51-46(29-34(35)14-1)52-39(22-12-26-50(52)56-51)37-27-28-44-49(31-37)55(47-24-9-7-20-42(47)43-21-8-10-25-48(43)55)54-45(30-36-16-4-6-19-40(36)53(44)54)41-23-11-17-33-13-3-5-18-38(33)41/h1-32H. The highest BCUT2D eigenvalue weighted by molar-refractivity contribution is 6.17. The van der Waals surface area contributed by atoms with Crippen LogP contribution >= 0.6 is 0 Å².